The predicted octanol–water partition coefficient (Wildman–Crippen LogP) is 5.61. The highest BCUT2D eigenvalue weighted by Gasteiger charge is 2.47. The minimum atomic E-state index is -0.923. The summed E-state index contributed by atoms with van der Waals surface area (Å²) in [5.41, 5.74) is 3.22. The fourth-order valence-electron chi connectivity index (χ4n) is 4.29. The number of rotatable bonds is 6. The zero-order chi connectivity index (χ0) is 26.1. The van der Waals surface area contributed by atoms with Crippen LogP contribution < -0.4 is 19.1 Å². The van der Waals surface area contributed by atoms with Crippen molar-refractivity contribution < 1.29 is 28.9 Å². The van der Waals surface area contributed by atoms with Crippen LogP contribution in [0.25, 0.3) is 5.76 Å². The van der Waals surface area contributed by atoms with Crippen molar-refractivity contribution in [2.75, 3.05) is 26.2 Å². The first kappa shape index (κ1) is 25.1. The number of amides is 1. The fraction of sp³-hybridized carbons (Fsp3) is 0.214. The molecule has 1 heterocycles. The van der Waals surface area contributed by atoms with Gasteiger partial charge in [0, 0.05) is 11.8 Å². The molecule has 1 saturated heterocycles. The third-order valence-electron chi connectivity index (χ3n) is 6.35. The molecule has 1 fully saturated rings. The number of benzene rings is 3. The van der Waals surface area contributed by atoms with Crippen molar-refractivity contribution in [2.24, 2.45) is 0 Å². The Bertz CT molecular complexity index is 1400. The molecule has 1 amide bonds. The summed E-state index contributed by atoms with van der Waals surface area (Å²) in [5, 5.41) is 11.8. The molecule has 7 nitrogen and oxygen atoms in total. The van der Waals surface area contributed by atoms with Crippen LogP contribution in [0, 0.1) is 13.8 Å². The number of methoxy groups -OCH3 is 3. The van der Waals surface area contributed by atoms with Gasteiger partial charge in [0.05, 0.1) is 43.5 Å². The Hall–Kier alpha value is -3.97. The van der Waals surface area contributed by atoms with E-state index < -0.39 is 23.5 Å². The number of hydrogen-bond donors (Lipinski definition) is 1. The molecule has 0 aliphatic carbocycles. The molecule has 0 radical (unpaired) electrons. The van der Waals surface area contributed by atoms with Gasteiger partial charge in [0.25, 0.3) is 11.7 Å². The number of halogens is 1. The molecule has 1 aliphatic rings. The topological polar surface area (TPSA) is 85.3 Å². The first-order chi connectivity index (χ1) is 17.2. The Labute approximate surface area is 214 Å². The van der Waals surface area contributed by atoms with E-state index in [-0.39, 0.29) is 27.7 Å². The predicted molar refractivity (Wildman–Crippen MR) is 138 cm³/mol. The number of aliphatic hydroxyl groups excluding tert-OH is 1. The standard InChI is InChI=1S/C28H26ClNO6/c1-15-9-10-18(11-16(15)2)30-25(17-7-6-8-19(12-17)34-3)24(27(32)28(30)33)26(31)20-13-23(36-5)21(29)14-22(20)35-4/h6-14,25,31H,1-5H3/b26-24+. The number of aryl methyl sites for hydroxylation is 2. The summed E-state index contributed by atoms with van der Waals surface area (Å²) in [4.78, 5) is 28.3. The summed E-state index contributed by atoms with van der Waals surface area (Å²) in [5.74, 6) is -0.939. The monoisotopic (exact) mass is 507 g/mol. The smallest absolute Gasteiger partial charge is 0.300 e. The van der Waals surface area contributed by atoms with Gasteiger partial charge < -0.3 is 19.3 Å². The van der Waals surface area contributed by atoms with Crippen LogP contribution in [0.2, 0.25) is 5.02 Å². The van der Waals surface area contributed by atoms with E-state index in [9.17, 15) is 14.7 Å². The minimum Gasteiger partial charge on any atom is -0.507 e. The van der Waals surface area contributed by atoms with Gasteiger partial charge in [0.2, 0.25) is 0 Å². The van der Waals surface area contributed by atoms with Crippen LogP contribution in [0.15, 0.2) is 60.2 Å². The number of nitrogens with zero attached hydrogens (tertiary/aromatic N) is 1. The zero-order valence-corrected chi connectivity index (χ0v) is 21.3. The molecule has 0 spiro atoms. The van der Waals surface area contributed by atoms with Crippen molar-refractivity contribution in [3.8, 4) is 17.2 Å². The largest absolute Gasteiger partial charge is 0.507 e. The summed E-state index contributed by atoms with van der Waals surface area (Å²) in [6.45, 7) is 3.90. The van der Waals surface area contributed by atoms with E-state index in [1.807, 2.05) is 26.0 Å². The molecule has 36 heavy (non-hydrogen) atoms. The van der Waals surface area contributed by atoms with Crippen molar-refractivity contribution >= 4 is 34.7 Å². The lowest BCUT2D eigenvalue weighted by Gasteiger charge is -2.26. The average molecular weight is 508 g/mol. The van der Waals surface area contributed by atoms with Gasteiger partial charge in [-0.15, -0.1) is 0 Å². The molecule has 0 bridgehead atoms. The van der Waals surface area contributed by atoms with Gasteiger partial charge in [-0.1, -0.05) is 29.8 Å². The van der Waals surface area contributed by atoms with E-state index in [2.05, 4.69) is 0 Å². The summed E-state index contributed by atoms with van der Waals surface area (Å²) in [6.07, 6.45) is 0. The van der Waals surface area contributed by atoms with E-state index in [0.717, 1.165) is 11.1 Å². The SMILES string of the molecule is COc1cccc(C2/C(=C(\O)c3cc(OC)c(Cl)cc3OC)C(=O)C(=O)N2c2ccc(C)c(C)c2)c1. The van der Waals surface area contributed by atoms with Gasteiger partial charge in [0.1, 0.15) is 23.0 Å². The molecule has 1 unspecified atom stereocenters. The van der Waals surface area contributed by atoms with E-state index in [1.165, 1.54) is 38.4 Å². The minimum absolute atomic E-state index is 0.0887. The zero-order valence-electron chi connectivity index (χ0n) is 20.6. The van der Waals surface area contributed by atoms with Gasteiger partial charge in [-0.2, -0.15) is 0 Å². The van der Waals surface area contributed by atoms with E-state index in [4.69, 9.17) is 25.8 Å². The number of ketones is 1. The maximum absolute atomic E-state index is 13.5. The molecule has 3 aromatic carbocycles. The molecule has 4 rings (SSSR count). The maximum atomic E-state index is 13.5. The Morgan fingerprint density at radius 1 is 0.889 bits per heavy atom. The first-order valence-electron chi connectivity index (χ1n) is 11.2. The molecule has 186 valence electrons. The number of aliphatic hydroxyl groups is 1. The lowest BCUT2D eigenvalue weighted by atomic mass is 9.94. The Morgan fingerprint density at radius 3 is 2.25 bits per heavy atom. The third kappa shape index (κ3) is 4.27. The second-order valence-electron chi connectivity index (χ2n) is 8.40. The summed E-state index contributed by atoms with van der Waals surface area (Å²) >= 11 is 6.24. The Kier molecular flexibility index (Phi) is 6.95. The van der Waals surface area contributed by atoms with Crippen molar-refractivity contribution in [2.45, 2.75) is 19.9 Å². The normalized spacial score (nSPS) is 16.8. The lowest BCUT2D eigenvalue weighted by molar-refractivity contribution is -0.132. The van der Waals surface area contributed by atoms with Crippen LogP contribution in [0.3, 0.4) is 0 Å². The summed E-state index contributed by atoms with van der Waals surface area (Å²) in [6, 6.07) is 14.6. The lowest BCUT2D eigenvalue weighted by Crippen LogP contribution is -2.29. The number of anilines is 1. The number of ether oxygens (including phenoxy) is 3. The molecule has 0 aromatic heterocycles. The van der Waals surface area contributed by atoms with E-state index in [1.54, 1.807) is 30.3 Å². The van der Waals surface area contributed by atoms with Crippen molar-refractivity contribution in [3.63, 3.8) is 0 Å². The van der Waals surface area contributed by atoms with E-state index in [0.29, 0.717) is 17.0 Å². The quantitative estimate of drug-likeness (QED) is 0.265. The van der Waals surface area contributed by atoms with Crippen molar-refractivity contribution in [3.05, 3.63) is 87.4 Å². The van der Waals surface area contributed by atoms with Crippen molar-refractivity contribution in [1.29, 1.82) is 0 Å². The van der Waals surface area contributed by atoms with Crippen LogP contribution >= 0.6 is 11.6 Å². The van der Waals surface area contributed by atoms with E-state index >= 15 is 0 Å². The molecular formula is C28H26ClNO6. The number of carbonyl (C=O) groups is 2. The number of carbonyl (C=O) groups excluding carboxylic acids is 2. The average Bonchev–Trinajstić information content (AvgIpc) is 3.15. The highest BCUT2D eigenvalue weighted by atomic mass is 35.5. The second-order valence-corrected chi connectivity index (χ2v) is 8.81. The summed E-state index contributed by atoms with van der Waals surface area (Å²) in [7, 11) is 4.39. The maximum Gasteiger partial charge on any atom is 0.300 e. The van der Waals surface area contributed by atoms with Crippen molar-refractivity contribution in [1.82, 2.24) is 0 Å². The number of Topliss-reactive ketones (excluding diaryl/α,β-unsaturated/α-hetero) is 1. The molecule has 1 atom stereocenters. The molecule has 3 aromatic rings. The highest BCUT2D eigenvalue weighted by molar-refractivity contribution is 6.51. The van der Waals surface area contributed by atoms with Crippen LogP contribution in [0.4, 0.5) is 5.69 Å². The van der Waals surface area contributed by atoms with Gasteiger partial charge >= 0.3 is 0 Å². The third-order valence-corrected chi connectivity index (χ3v) is 6.65. The molecule has 8 heteroatoms. The Balaban J connectivity index is 2.02. The molecular weight excluding hydrogens is 482 g/mol. The van der Waals surface area contributed by atoms with Crippen LogP contribution in [-0.4, -0.2) is 38.1 Å². The Morgan fingerprint density at radius 2 is 1.61 bits per heavy atom. The molecule has 1 N–H and O–H groups in total. The summed E-state index contributed by atoms with van der Waals surface area (Å²) < 4.78 is 16.1. The van der Waals surface area contributed by atoms with Gasteiger partial charge in [-0.05, 0) is 60.9 Å². The first-order valence-corrected chi connectivity index (χ1v) is 11.5. The van der Waals surface area contributed by atoms with Gasteiger partial charge in [0.15, 0.2) is 0 Å². The second kappa shape index (κ2) is 9.95. The van der Waals surface area contributed by atoms with Crippen LogP contribution in [-0.2, 0) is 9.59 Å². The van der Waals surface area contributed by atoms with Crippen LogP contribution in [0.1, 0.15) is 28.3 Å². The number of hydrogen-bond acceptors (Lipinski definition) is 6. The van der Waals surface area contributed by atoms with Crippen LogP contribution in [0.5, 0.6) is 17.2 Å². The highest BCUT2D eigenvalue weighted by Crippen LogP contribution is 2.45. The van der Waals surface area contributed by atoms with Gasteiger partial charge in [-0.3, -0.25) is 14.5 Å². The molecule has 1 aliphatic heterocycles. The van der Waals surface area contributed by atoms with Gasteiger partial charge in [-0.25, -0.2) is 0 Å². The molecule has 0 saturated carbocycles. The fourth-order valence-corrected chi connectivity index (χ4v) is 4.52.